The fourth-order valence-corrected chi connectivity index (χ4v) is 6.17. The lowest BCUT2D eigenvalue weighted by molar-refractivity contribution is 0.122. The first-order valence-corrected chi connectivity index (χ1v) is 14.6. The van der Waals surface area contributed by atoms with Gasteiger partial charge in [0, 0.05) is 35.3 Å². The number of aryl methyl sites for hydroxylation is 1. The third-order valence-corrected chi connectivity index (χ3v) is 8.54. The van der Waals surface area contributed by atoms with Gasteiger partial charge in [0.05, 0.1) is 31.0 Å². The van der Waals surface area contributed by atoms with E-state index in [4.69, 9.17) is 14.5 Å². The highest BCUT2D eigenvalue weighted by Gasteiger charge is 2.24. The summed E-state index contributed by atoms with van der Waals surface area (Å²) < 4.78 is 51.0. The number of aromatic nitrogens is 4. The van der Waals surface area contributed by atoms with Crippen LogP contribution in [0, 0.1) is 12.7 Å². The fraction of sp³-hybridized carbons (Fsp3) is 0.269. The molecule has 204 valence electrons. The lowest BCUT2D eigenvalue weighted by Crippen LogP contribution is -2.37. The van der Waals surface area contributed by atoms with Crippen molar-refractivity contribution in [1.29, 1.82) is 0 Å². The Morgan fingerprint density at radius 1 is 1.13 bits per heavy atom. The number of halogens is 1. The minimum atomic E-state index is -3.73. The molecule has 0 bridgehead atoms. The number of sulfone groups is 1. The summed E-state index contributed by atoms with van der Waals surface area (Å²) in [6.45, 7) is 4.33. The van der Waals surface area contributed by atoms with Crippen LogP contribution in [0.2, 0.25) is 0 Å². The molecule has 10 nitrogen and oxygen atoms in total. The van der Waals surface area contributed by atoms with Crippen LogP contribution in [0.5, 0.6) is 5.75 Å². The topological polar surface area (TPSA) is 122 Å². The molecule has 13 heteroatoms. The molecular formula is C26H27FN6O4S2. The number of morpholine rings is 1. The normalized spacial score (nSPS) is 13.9. The molecule has 39 heavy (non-hydrogen) atoms. The first-order valence-electron chi connectivity index (χ1n) is 12.1. The van der Waals surface area contributed by atoms with E-state index in [1.165, 1.54) is 42.1 Å². The Balaban J connectivity index is 1.42. The summed E-state index contributed by atoms with van der Waals surface area (Å²) in [4.78, 5) is 12.4. The Kier molecular flexibility index (Phi) is 8.00. The smallest absolute Gasteiger partial charge is 0.204 e. The van der Waals surface area contributed by atoms with Gasteiger partial charge in [-0.25, -0.2) is 22.8 Å². The number of rotatable bonds is 9. The number of H-pyrrole nitrogens is 1. The number of benzene rings is 2. The molecule has 0 saturated carbocycles. The summed E-state index contributed by atoms with van der Waals surface area (Å²) in [7, 11) is -2.16. The van der Waals surface area contributed by atoms with E-state index in [9.17, 15) is 12.8 Å². The molecule has 0 amide bonds. The highest BCUT2D eigenvalue weighted by molar-refractivity contribution is 7.99. The molecule has 5 rings (SSSR count). The van der Waals surface area contributed by atoms with Gasteiger partial charge in [0.2, 0.25) is 5.75 Å². The van der Waals surface area contributed by atoms with Crippen molar-refractivity contribution in [3.8, 4) is 5.75 Å². The van der Waals surface area contributed by atoms with Crippen LogP contribution in [0.1, 0.15) is 11.3 Å². The molecule has 0 atom stereocenters. The third-order valence-electron chi connectivity index (χ3n) is 5.99. The Labute approximate surface area is 229 Å². The number of aromatic amines is 1. The monoisotopic (exact) mass is 570 g/mol. The van der Waals surface area contributed by atoms with Crippen LogP contribution in [-0.4, -0.2) is 62.0 Å². The van der Waals surface area contributed by atoms with E-state index < -0.39 is 21.4 Å². The maximum atomic E-state index is 14.0. The molecule has 2 N–H and O–H groups in total. The van der Waals surface area contributed by atoms with Gasteiger partial charge in [-0.3, -0.25) is 5.10 Å². The molecule has 1 fully saturated rings. The Morgan fingerprint density at radius 3 is 2.54 bits per heavy atom. The zero-order valence-electron chi connectivity index (χ0n) is 21.3. The predicted molar refractivity (Wildman–Crippen MR) is 146 cm³/mol. The van der Waals surface area contributed by atoms with Gasteiger partial charge in [-0.2, -0.15) is 5.10 Å². The standard InChI is InChI=1S/C26H27FN6O4S2/c1-17-15-22(32-31-17)28-24-23(36-2)25(33-11-13-37-14-12-33)30-26(29-24)38-19-7-9-20(10-8-19)39(34,35)16-18-5-3-4-6-21(18)27/h3-10,15H,11-14,16H2,1-2H3,(H2,28,29,30,31,32). The van der Waals surface area contributed by atoms with Crippen molar-refractivity contribution in [1.82, 2.24) is 20.2 Å². The molecule has 1 aliphatic rings. The Morgan fingerprint density at radius 2 is 1.87 bits per heavy atom. The molecule has 3 heterocycles. The molecule has 0 unspecified atom stereocenters. The second kappa shape index (κ2) is 11.6. The quantitative estimate of drug-likeness (QED) is 0.281. The lowest BCUT2D eigenvalue weighted by Gasteiger charge is -2.29. The molecule has 2 aromatic heterocycles. The highest BCUT2D eigenvalue weighted by Crippen LogP contribution is 2.38. The van der Waals surface area contributed by atoms with Gasteiger partial charge in [-0.1, -0.05) is 18.2 Å². The van der Waals surface area contributed by atoms with E-state index in [2.05, 4.69) is 25.4 Å². The number of hydrogen-bond acceptors (Lipinski definition) is 10. The van der Waals surface area contributed by atoms with E-state index >= 15 is 0 Å². The van der Waals surface area contributed by atoms with Crippen molar-refractivity contribution in [2.75, 3.05) is 43.6 Å². The summed E-state index contributed by atoms with van der Waals surface area (Å²) in [5.74, 6) is 1.17. The van der Waals surface area contributed by atoms with Gasteiger partial charge in [-0.15, -0.1) is 0 Å². The molecular weight excluding hydrogens is 543 g/mol. The average molecular weight is 571 g/mol. The molecule has 1 aliphatic heterocycles. The van der Waals surface area contributed by atoms with Gasteiger partial charge >= 0.3 is 0 Å². The summed E-state index contributed by atoms with van der Waals surface area (Å²) in [5, 5.41) is 10.8. The Hall–Kier alpha value is -3.68. The van der Waals surface area contributed by atoms with Crippen LogP contribution in [0.15, 0.2) is 69.5 Å². The summed E-state index contributed by atoms with van der Waals surface area (Å²) >= 11 is 1.28. The maximum Gasteiger partial charge on any atom is 0.204 e. The Bertz CT molecular complexity index is 1560. The van der Waals surface area contributed by atoms with Crippen molar-refractivity contribution in [3.05, 3.63) is 71.7 Å². The number of methoxy groups -OCH3 is 1. The summed E-state index contributed by atoms with van der Waals surface area (Å²) in [6.07, 6.45) is 0. The van der Waals surface area contributed by atoms with E-state index in [0.29, 0.717) is 54.7 Å². The average Bonchev–Trinajstić information content (AvgIpc) is 3.34. The van der Waals surface area contributed by atoms with E-state index in [-0.39, 0.29) is 10.5 Å². The second-order valence-electron chi connectivity index (χ2n) is 8.80. The van der Waals surface area contributed by atoms with Crippen molar-refractivity contribution in [2.45, 2.75) is 27.6 Å². The number of nitrogens with zero attached hydrogens (tertiary/aromatic N) is 4. The fourth-order valence-electron chi connectivity index (χ4n) is 4.05. The van der Waals surface area contributed by atoms with Crippen LogP contribution in [0.4, 0.5) is 21.8 Å². The van der Waals surface area contributed by atoms with Gasteiger partial charge < -0.3 is 19.7 Å². The first-order chi connectivity index (χ1) is 18.8. The van der Waals surface area contributed by atoms with Crippen molar-refractivity contribution in [3.63, 3.8) is 0 Å². The van der Waals surface area contributed by atoms with Gasteiger partial charge in [-0.05, 0) is 49.0 Å². The van der Waals surface area contributed by atoms with Crippen molar-refractivity contribution in [2.24, 2.45) is 0 Å². The van der Waals surface area contributed by atoms with Crippen LogP contribution in [0.25, 0.3) is 0 Å². The number of nitrogens with one attached hydrogen (secondary N) is 2. The van der Waals surface area contributed by atoms with Crippen molar-refractivity contribution < 1.29 is 22.3 Å². The molecule has 2 aromatic carbocycles. The molecule has 4 aromatic rings. The van der Waals surface area contributed by atoms with Crippen LogP contribution < -0.4 is 15.0 Å². The summed E-state index contributed by atoms with van der Waals surface area (Å²) in [5.41, 5.74) is 1.02. The van der Waals surface area contributed by atoms with Crippen LogP contribution in [0.3, 0.4) is 0 Å². The lowest BCUT2D eigenvalue weighted by atomic mass is 10.2. The SMILES string of the molecule is COc1c(Nc2cc(C)[nH]n2)nc(Sc2ccc(S(=O)(=O)Cc3ccccc3F)cc2)nc1N1CCOCC1. The van der Waals surface area contributed by atoms with E-state index in [0.717, 1.165) is 10.6 Å². The zero-order valence-corrected chi connectivity index (χ0v) is 23.0. The minimum Gasteiger partial charge on any atom is -0.490 e. The number of ether oxygens (including phenoxy) is 2. The predicted octanol–water partition coefficient (Wildman–Crippen LogP) is 4.36. The second-order valence-corrected chi connectivity index (χ2v) is 11.8. The van der Waals surface area contributed by atoms with Gasteiger partial charge in [0.1, 0.15) is 5.82 Å². The summed E-state index contributed by atoms with van der Waals surface area (Å²) in [6, 6.07) is 14.1. The van der Waals surface area contributed by atoms with Crippen LogP contribution in [-0.2, 0) is 20.3 Å². The zero-order chi connectivity index (χ0) is 27.4. The van der Waals surface area contributed by atoms with Gasteiger partial charge in [0.25, 0.3) is 0 Å². The molecule has 0 aliphatic carbocycles. The third kappa shape index (κ3) is 6.32. The molecule has 0 radical (unpaired) electrons. The van der Waals surface area contributed by atoms with Gasteiger partial charge in [0.15, 0.2) is 32.4 Å². The van der Waals surface area contributed by atoms with Crippen LogP contribution >= 0.6 is 11.8 Å². The number of hydrogen-bond donors (Lipinski definition) is 2. The maximum absolute atomic E-state index is 14.0. The number of anilines is 3. The van der Waals surface area contributed by atoms with E-state index in [1.54, 1.807) is 25.3 Å². The first kappa shape index (κ1) is 26.9. The molecule has 0 spiro atoms. The highest BCUT2D eigenvalue weighted by atomic mass is 32.2. The van der Waals surface area contributed by atoms with E-state index in [1.807, 2.05) is 13.0 Å². The minimum absolute atomic E-state index is 0.107. The largest absolute Gasteiger partial charge is 0.490 e. The van der Waals surface area contributed by atoms with Crippen molar-refractivity contribution >= 4 is 39.1 Å². The molecule has 1 saturated heterocycles.